The molecule has 0 heterocycles. The van der Waals surface area contributed by atoms with Crippen molar-refractivity contribution in [3.63, 3.8) is 0 Å². The van der Waals surface area contributed by atoms with E-state index in [-0.39, 0.29) is 5.79 Å². The molecule has 0 aliphatic heterocycles. The van der Waals surface area contributed by atoms with Crippen molar-refractivity contribution in [3.05, 3.63) is 0 Å². The maximum Gasteiger partial charge on any atom is 0.143 e. The lowest BCUT2D eigenvalue weighted by molar-refractivity contribution is -0.114. The zero-order chi connectivity index (χ0) is 12.2. The Balaban J connectivity index is 4.96. The predicted molar refractivity (Wildman–Crippen MR) is 70.0 cm³/mol. The maximum absolute atomic E-state index is 3.57. The molecular weight excluding hydrogens is 256 g/mol. The van der Waals surface area contributed by atoms with Crippen molar-refractivity contribution >= 4 is 16.1 Å². The van der Waals surface area contributed by atoms with Gasteiger partial charge in [-0.15, -0.1) is 0 Å². The lowest BCUT2D eigenvalue weighted by Crippen LogP contribution is -2.68. The van der Waals surface area contributed by atoms with Gasteiger partial charge >= 0.3 is 0 Å². The summed E-state index contributed by atoms with van der Waals surface area (Å²) in [6, 6.07) is 0. The topological polar surface area (TPSA) is 13.0 Å². The Kier molecular flexibility index (Phi) is 6.28. The van der Waals surface area contributed by atoms with Gasteiger partial charge in [0.1, 0.15) is 5.79 Å². The Bertz CT molecular complexity index is 160. The van der Waals surface area contributed by atoms with Gasteiger partial charge in [0.05, 0.1) is 6.54 Å². The molecule has 5 heteroatoms. The molecule has 15 heavy (non-hydrogen) atoms. The van der Waals surface area contributed by atoms with Gasteiger partial charge in [-0.25, -0.2) is 3.93 Å². The predicted octanol–water partition coefficient (Wildman–Crippen LogP) is 0.957. The molecule has 0 N–H and O–H groups in total. The van der Waals surface area contributed by atoms with Crippen molar-refractivity contribution in [1.82, 2.24) is 18.6 Å². The summed E-state index contributed by atoms with van der Waals surface area (Å²) in [5.74, 6) is -0.0977. The first-order valence-corrected chi connectivity index (χ1v) is 5.93. The molecule has 0 atom stereocenters. The van der Waals surface area contributed by atoms with Crippen LogP contribution >= 0.6 is 16.1 Å². The summed E-state index contributed by atoms with van der Waals surface area (Å²) in [7, 11) is 12.6. The highest BCUT2D eigenvalue weighted by molar-refractivity contribution is 9.07. The molecule has 0 spiro atoms. The smallest absolute Gasteiger partial charge is 0.143 e. The van der Waals surface area contributed by atoms with Gasteiger partial charge < -0.3 is 0 Å². The van der Waals surface area contributed by atoms with Gasteiger partial charge in [0.15, 0.2) is 0 Å². The van der Waals surface area contributed by atoms with E-state index >= 15 is 0 Å². The Hall–Kier alpha value is 0.320. The van der Waals surface area contributed by atoms with Crippen LogP contribution in [0.25, 0.3) is 0 Å². The van der Waals surface area contributed by atoms with Crippen LogP contribution in [0.5, 0.6) is 0 Å². The summed E-state index contributed by atoms with van der Waals surface area (Å²) in [4.78, 5) is 6.70. The van der Waals surface area contributed by atoms with Crippen molar-refractivity contribution < 1.29 is 0 Å². The van der Waals surface area contributed by atoms with Crippen molar-refractivity contribution in [1.29, 1.82) is 0 Å². The molecule has 0 aromatic heterocycles. The van der Waals surface area contributed by atoms with Gasteiger partial charge in [-0.1, -0.05) is 6.92 Å². The summed E-state index contributed by atoms with van der Waals surface area (Å²) < 4.78 is 2.15. The van der Waals surface area contributed by atoms with E-state index in [4.69, 9.17) is 0 Å². The van der Waals surface area contributed by atoms with Gasteiger partial charge in [-0.2, -0.15) is 0 Å². The van der Waals surface area contributed by atoms with Crippen LogP contribution in [0.2, 0.25) is 0 Å². The molecule has 0 aliphatic carbocycles. The third kappa shape index (κ3) is 3.39. The summed E-state index contributed by atoms with van der Waals surface area (Å²) in [6.45, 7) is 4.04. The molecule has 0 rings (SSSR count). The van der Waals surface area contributed by atoms with Gasteiger partial charge in [0, 0.05) is 22.7 Å². The van der Waals surface area contributed by atoms with E-state index in [1.165, 1.54) is 0 Å². The summed E-state index contributed by atoms with van der Waals surface area (Å²) in [5.41, 5.74) is 0. The number of likely N-dealkylation sites (N-methyl/N-ethyl adjacent to an activating group) is 4. The summed E-state index contributed by atoms with van der Waals surface area (Å²) >= 11 is 3.57. The minimum absolute atomic E-state index is 0.0977. The molecule has 0 unspecified atom stereocenters. The molecular formula is C10H25BrN4. The number of hydrogen-bond donors (Lipinski definition) is 0. The van der Waals surface area contributed by atoms with Crippen molar-refractivity contribution in [2.45, 2.75) is 12.7 Å². The minimum atomic E-state index is -0.0977. The van der Waals surface area contributed by atoms with Crippen LogP contribution in [-0.4, -0.2) is 79.8 Å². The molecule has 0 amide bonds. The highest BCUT2D eigenvalue weighted by Gasteiger charge is 2.38. The summed E-state index contributed by atoms with van der Waals surface area (Å²) in [5, 5.41) is 0. The second-order valence-electron chi connectivity index (χ2n) is 4.39. The average Bonchev–Trinajstić information content (AvgIpc) is 2.11. The van der Waals surface area contributed by atoms with Gasteiger partial charge in [0.25, 0.3) is 0 Å². The Morgan fingerprint density at radius 1 is 0.867 bits per heavy atom. The van der Waals surface area contributed by atoms with Crippen LogP contribution in [-0.2, 0) is 0 Å². The van der Waals surface area contributed by atoms with E-state index in [1.54, 1.807) is 0 Å². The first-order valence-electron chi connectivity index (χ1n) is 5.22. The minimum Gasteiger partial charge on any atom is -0.278 e. The fraction of sp³-hybridized carbons (Fsp3) is 1.00. The average molecular weight is 281 g/mol. The van der Waals surface area contributed by atoms with Crippen LogP contribution in [0.15, 0.2) is 0 Å². The molecule has 0 radical (unpaired) electrons. The van der Waals surface area contributed by atoms with Crippen LogP contribution in [0.4, 0.5) is 0 Å². The lowest BCUT2D eigenvalue weighted by atomic mass is 10.2. The fourth-order valence-corrected chi connectivity index (χ4v) is 2.30. The largest absolute Gasteiger partial charge is 0.278 e. The molecule has 0 bridgehead atoms. The third-order valence-corrected chi connectivity index (χ3v) is 3.63. The van der Waals surface area contributed by atoms with E-state index in [0.29, 0.717) is 0 Å². The molecule has 0 saturated heterocycles. The van der Waals surface area contributed by atoms with Crippen molar-refractivity contribution in [2.24, 2.45) is 0 Å². The van der Waals surface area contributed by atoms with E-state index < -0.39 is 0 Å². The number of nitrogens with zero attached hydrogens (tertiary/aromatic N) is 4. The summed E-state index contributed by atoms with van der Waals surface area (Å²) in [6.07, 6.45) is 0. The quantitative estimate of drug-likeness (QED) is 0.531. The standard InChI is InChI=1S/C10H25BrN4/c1-8-15(11)9-10(12(2)3,13(4)5)14(6)7/h8-9H2,1-7H3. The fourth-order valence-electron chi connectivity index (χ4n) is 1.97. The van der Waals surface area contributed by atoms with Gasteiger partial charge in [0.2, 0.25) is 0 Å². The zero-order valence-electron chi connectivity index (χ0n) is 11.1. The van der Waals surface area contributed by atoms with E-state index in [2.05, 4.69) is 84.0 Å². The lowest BCUT2D eigenvalue weighted by Gasteiger charge is -2.50. The highest BCUT2D eigenvalue weighted by atomic mass is 79.9. The monoisotopic (exact) mass is 280 g/mol. The third-order valence-electron chi connectivity index (χ3n) is 2.88. The molecule has 4 nitrogen and oxygen atoms in total. The van der Waals surface area contributed by atoms with Crippen molar-refractivity contribution in [3.8, 4) is 0 Å². The molecule has 0 aromatic carbocycles. The zero-order valence-corrected chi connectivity index (χ0v) is 12.7. The first-order chi connectivity index (χ1) is 6.78. The van der Waals surface area contributed by atoms with E-state index in [0.717, 1.165) is 13.1 Å². The van der Waals surface area contributed by atoms with Gasteiger partial charge in [-0.05, 0) is 42.3 Å². The molecule has 92 valence electrons. The van der Waals surface area contributed by atoms with E-state index in [9.17, 15) is 0 Å². The van der Waals surface area contributed by atoms with Crippen LogP contribution in [0.1, 0.15) is 6.92 Å². The highest BCUT2D eigenvalue weighted by Crippen LogP contribution is 2.21. The Morgan fingerprint density at radius 2 is 1.20 bits per heavy atom. The molecule has 0 aromatic rings. The number of hydrogen-bond acceptors (Lipinski definition) is 4. The van der Waals surface area contributed by atoms with Crippen LogP contribution in [0, 0.1) is 0 Å². The van der Waals surface area contributed by atoms with Crippen LogP contribution in [0.3, 0.4) is 0 Å². The molecule has 0 fully saturated rings. The second-order valence-corrected chi connectivity index (χ2v) is 5.40. The second kappa shape index (κ2) is 6.15. The number of halogens is 1. The molecule has 0 aliphatic rings. The number of rotatable bonds is 6. The normalized spacial score (nSPS) is 13.6. The van der Waals surface area contributed by atoms with E-state index in [1.807, 2.05) is 0 Å². The first kappa shape index (κ1) is 15.3. The maximum atomic E-state index is 3.57. The molecule has 0 saturated carbocycles. The van der Waals surface area contributed by atoms with Crippen LogP contribution < -0.4 is 0 Å². The van der Waals surface area contributed by atoms with Gasteiger partial charge in [-0.3, -0.25) is 14.7 Å². The Morgan fingerprint density at radius 3 is 1.40 bits per heavy atom. The SMILES string of the molecule is CCN(Br)CC(N(C)C)(N(C)C)N(C)C. The Labute approximate surface area is 103 Å². The van der Waals surface area contributed by atoms with Crippen molar-refractivity contribution in [2.75, 3.05) is 55.4 Å².